The highest BCUT2D eigenvalue weighted by atomic mass is 15.1. The zero-order valence-corrected chi connectivity index (χ0v) is 97.3. The number of hydrogen-bond donors (Lipinski definition) is 0. The summed E-state index contributed by atoms with van der Waals surface area (Å²) in [6.45, 7) is 74.0. The fraction of sp³-hybridized carbons (Fsp3) is 0.304. The predicted octanol–water partition coefficient (Wildman–Crippen LogP) is 43.7. The van der Waals surface area contributed by atoms with E-state index in [1.54, 1.807) is 0 Å². The maximum absolute atomic E-state index is 2.30. The van der Waals surface area contributed by atoms with Crippen molar-refractivity contribution in [1.29, 1.82) is 0 Å². The summed E-state index contributed by atoms with van der Waals surface area (Å²) in [6.07, 6.45) is 0. The van der Waals surface area contributed by atoms with E-state index in [2.05, 4.69) is 519 Å². The lowest BCUT2D eigenvalue weighted by molar-refractivity contribution is 1.17. The first-order valence-corrected chi connectivity index (χ1v) is 53.7. The van der Waals surface area contributed by atoms with Crippen LogP contribution in [-0.2, 0) is 0 Å². The van der Waals surface area contributed by atoms with Gasteiger partial charge in [0.15, 0.2) is 0 Å². The quantitative estimate of drug-likeness (QED) is 0.121. The first-order valence-electron chi connectivity index (χ1n) is 53.7. The van der Waals surface area contributed by atoms with E-state index >= 15 is 0 Å². The lowest BCUT2D eigenvalue weighted by Crippen LogP contribution is -2.12. The monoisotopic (exact) mass is 1930 g/mol. The van der Waals surface area contributed by atoms with Crippen LogP contribution in [0.2, 0.25) is 0 Å². The first kappa shape index (κ1) is 128. The minimum Gasteiger partial charge on any atom is -0.344 e. The molecule has 0 unspecified atom stereocenters. The molecule has 0 aromatic heterocycles. The number of benzene rings is 18. The lowest BCUT2D eigenvalue weighted by atomic mass is 10.0. The van der Waals surface area contributed by atoms with Gasteiger partial charge in [-0.3, -0.25) is 0 Å². The smallest absolute Gasteiger partial charge is 0.0517 e. The van der Waals surface area contributed by atoms with E-state index in [0.717, 1.165) is 0 Å². The molecular weight excluding hydrogens is 1740 g/mol. The van der Waals surface area contributed by atoms with E-state index in [1.807, 2.05) is 166 Å². The van der Waals surface area contributed by atoms with Crippen molar-refractivity contribution in [3.63, 3.8) is 0 Å². The van der Waals surface area contributed by atoms with Crippen LogP contribution in [0.1, 0.15) is 233 Å². The van der Waals surface area contributed by atoms with Gasteiger partial charge in [0, 0.05) is 110 Å². The molecule has 0 aliphatic carbocycles. The normalized spacial score (nSPS) is 9.46. The van der Waals surface area contributed by atoms with Gasteiger partial charge in [0.1, 0.15) is 0 Å². The van der Waals surface area contributed by atoms with Gasteiger partial charge in [-0.2, -0.15) is 0 Å². The van der Waals surface area contributed by atoms with E-state index in [1.165, 1.54) is 200 Å². The summed E-state index contributed by atoms with van der Waals surface area (Å²) in [6, 6.07) is 129. The molecule has 0 N–H and O–H groups in total. The van der Waals surface area contributed by atoms with Gasteiger partial charge in [-0.15, -0.1) is 0 Å². The number of aryl methyl sites for hydroxylation is 12. The molecule has 0 bridgehead atoms. The molecule has 6 heteroatoms. The summed E-state index contributed by atoms with van der Waals surface area (Å²) in [4.78, 5) is 13.7. The second-order valence-electron chi connectivity index (χ2n) is 31.8. The highest BCUT2D eigenvalue weighted by Crippen LogP contribution is 2.41. The van der Waals surface area contributed by atoms with Gasteiger partial charge in [-0.25, -0.2) is 0 Å². The molecule has 18 aromatic rings. The standard InChI is InChI=1S/6C19H19N.12C2H6/c2*1-14-8-4-7-11-18(14)20(3)19-13-17-10-6-5-9-16(17)12-15(19)2;2*1-14-8-4-7-11-18(14)20(3)19-13-12-16-9-5-6-10-17(16)15(19)2;2*1-14-8-4-7-11-18(14)20(3)19-15(2)12-13-16-9-5-6-10-17(16)19;12*1-2/h6*4-13H,1-3H3;12*1-2H3. The van der Waals surface area contributed by atoms with Gasteiger partial charge in [0.05, 0.1) is 11.4 Å². The highest BCUT2D eigenvalue weighted by molar-refractivity contribution is 6.00. The van der Waals surface area contributed by atoms with Crippen molar-refractivity contribution in [2.24, 2.45) is 0 Å². The fourth-order valence-electron chi connectivity index (χ4n) is 17.0. The van der Waals surface area contributed by atoms with Gasteiger partial charge in [-0.05, 0) is 277 Å². The fourth-order valence-corrected chi connectivity index (χ4v) is 17.0. The molecule has 0 radical (unpaired) electrons. The Balaban J connectivity index is 0.000000827. The summed E-state index contributed by atoms with van der Waals surface area (Å²) in [5.41, 5.74) is 30.8. The van der Waals surface area contributed by atoms with E-state index in [0.29, 0.717) is 0 Å². The summed E-state index contributed by atoms with van der Waals surface area (Å²) in [5, 5.41) is 15.6. The van der Waals surface area contributed by atoms with Gasteiger partial charge < -0.3 is 29.4 Å². The number of fused-ring (bicyclic) bond motifs is 6. The zero-order valence-electron chi connectivity index (χ0n) is 97.3. The Labute approximate surface area is 878 Å². The van der Waals surface area contributed by atoms with Crippen molar-refractivity contribution < 1.29 is 0 Å². The van der Waals surface area contributed by atoms with Crippen LogP contribution in [0, 0.1) is 83.1 Å². The molecule has 0 aliphatic rings. The van der Waals surface area contributed by atoms with Crippen LogP contribution in [0.4, 0.5) is 68.2 Å². The summed E-state index contributed by atoms with van der Waals surface area (Å²) >= 11 is 0. The topological polar surface area (TPSA) is 19.4 Å². The van der Waals surface area contributed by atoms with Crippen molar-refractivity contribution in [2.75, 3.05) is 71.7 Å². The van der Waals surface area contributed by atoms with Crippen LogP contribution < -0.4 is 29.4 Å². The molecule has 0 saturated heterocycles. The van der Waals surface area contributed by atoms with Crippen LogP contribution in [-0.4, -0.2) is 42.3 Å². The first-order chi connectivity index (χ1) is 70.1. The number of para-hydroxylation sites is 6. The molecule has 0 spiro atoms. The van der Waals surface area contributed by atoms with Crippen molar-refractivity contribution in [3.8, 4) is 0 Å². The third-order valence-corrected chi connectivity index (χ3v) is 23.6. The van der Waals surface area contributed by atoms with Crippen LogP contribution in [0.15, 0.2) is 364 Å². The predicted molar refractivity (Wildman–Crippen MR) is 664 cm³/mol. The van der Waals surface area contributed by atoms with Crippen molar-refractivity contribution >= 4 is 133 Å². The zero-order chi connectivity index (χ0) is 109. The van der Waals surface area contributed by atoms with E-state index in [9.17, 15) is 0 Å². The second-order valence-corrected chi connectivity index (χ2v) is 31.8. The van der Waals surface area contributed by atoms with Gasteiger partial charge in [-0.1, -0.05) is 457 Å². The Morgan fingerprint density at radius 3 is 0.514 bits per heavy atom. The Hall–Kier alpha value is -13.7. The molecule has 768 valence electrons. The minimum atomic E-state index is 1.26. The Kier molecular flexibility index (Phi) is 63.9. The average molecular weight is 1930 g/mol. The highest BCUT2D eigenvalue weighted by Gasteiger charge is 2.19. The Bertz CT molecular complexity index is 6090. The third kappa shape index (κ3) is 35.4. The third-order valence-electron chi connectivity index (χ3n) is 23.6. The van der Waals surface area contributed by atoms with Crippen molar-refractivity contribution in [2.45, 2.75) is 249 Å². The molecule has 0 amide bonds. The molecule has 0 aliphatic heterocycles. The molecular formula is C138H186N6. The number of nitrogens with zero attached hydrogens (tertiary/aromatic N) is 6. The van der Waals surface area contributed by atoms with Crippen molar-refractivity contribution in [1.82, 2.24) is 0 Å². The molecule has 144 heavy (non-hydrogen) atoms. The molecule has 6 nitrogen and oxygen atoms in total. The SMILES string of the molecule is CC.CC.CC.CC.CC.CC.CC.CC.CC.CC.CC.CC.Cc1ccccc1N(C)c1c(C)ccc2ccccc12.Cc1ccccc1N(C)c1c(C)ccc2ccccc12.Cc1ccccc1N(C)c1cc2ccccc2cc1C.Cc1ccccc1N(C)c1cc2ccccc2cc1C.Cc1ccccc1N(C)c1ccc2ccccc2c1C.Cc1ccccc1N(C)c1ccc2ccccc2c1C. The van der Waals surface area contributed by atoms with Gasteiger partial charge in [0.25, 0.3) is 0 Å². The number of anilines is 12. The molecule has 18 aromatic carbocycles. The molecule has 0 saturated carbocycles. The van der Waals surface area contributed by atoms with Crippen LogP contribution in [0.3, 0.4) is 0 Å². The summed E-state index contributed by atoms with van der Waals surface area (Å²) < 4.78 is 0. The Morgan fingerprint density at radius 2 is 0.285 bits per heavy atom. The molecule has 18 rings (SSSR count). The second kappa shape index (κ2) is 71.7. The van der Waals surface area contributed by atoms with Crippen molar-refractivity contribution in [3.05, 3.63) is 431 Å². The Morgan fingerprint density at radius 1 is 0.118 bits per heavy atom. The number of rotatable bonds is 12. The van der Waals surface area contributed by atoms with E-state index in [-0.39, 0.29) is 0 Å². The van der Waals surface area contributed by atoms with Gasteiger partial charge >= 0.3 is 0 Å². The van der Waals surface area contributed by atoms with Gasteiger partial charge in [0.2, 0.25) is 0 Å². The maximum atomic E-state index is 2.30. The molecule has 0 atom stereocenters. The minimum absolute atomic E-state index is 1.26. The summed E-state index contributed by atoms with van der Waals surface area (Å²) in [7, 11) is 12.9. The largest absolute Gasteiger partial charge is 0.344 e. The summed E-state index contributed by atoms with van der Waals surface area (Å²) in [5.74, 6) is 0. The van der Waals surface area contributed by atoms with E-state index in [4.69, 9.17) is 0 Å². The molecule has 0 heterocycles. The molecule has 0 fully saturated rings. The van der Waals surface area contributed by atoms with Crippen LogP contribution >= 0.6 is 0 Å². The maximum Gasteiger partial charge on any atom is 0.0517 e. The lowest BCUT2D eigenvalue weighted by Gasteiger charge is -2.25. The van der Waals surface area contributed by atoms with E-state index < -0.39 is 0 Å². The van der Waals surface area contributed by atoms with Crippen LogP contribution in [0.5, 0.6) is 0 Å². The van der Waals surface area contributed by atoms with Crippen LogP contribution in [0.25, 0.3) is 64.6 Å². The number of hydrogen-bond acceptors (Lipinski definition) is 6. The average Bonchev–Trinajstić information content (AvgIpc) is 0.786.